The normalized spacial score (nSPS) is 12.8. The molecule has 1 aromatic heterocycles. The van der Waals surface area contributed by atoms with Gasteiger partial charge in [-0.2, -0.15) is 0 Å². The molecule has 1 aliphatic heterocycles. The fourth-order valence-electron chi connectivity index (χ4n) is 3.50. The van der Waals surface area contributed by atoms with Crippen molar-refractivity contribution in [2.75, 3.05) is 18.6 Å². The summed E-state index contributed by atoms with van der Waals surface area (Å²) in [4.78, 5) is 28.1. The number of aromatic nitrogens is 3. The number of carbonyl (C=O) groups excluding carboxylic acids is 2. The molecule has 9 nitrogen and oxygen atoms in total. The highest BCUT2D eigenvalue weighted by Gasteiger charge is 2.20. The number of hydrogen-bond donors (Lipinski definition) is 2. The van der Waals surface area contributed by atoms with Crippen LogP contribution in [0.3, 0.4) is 0 Å². The zero-order valence-electron chi connectivity index (χ0n) is 21.2. The van der Waals surface area contributed by atoms with E-state index in [0.29, 0.717) is 31.0 Å². The van der Waals surface area contributed by atoms with E-state index in [1.54, 1.807) is 42.6 Å². The summed E-state index contributed by atoms with van der Waals surface area (Å²) in [5.74, 6) is 5.79. The van der Waals surface area contributed by atoms with Crippen LogP contribution in [0, 0.1) is 25.7 Å². The molecule has 3 aromatic rings. The van der Waals surface area contributed by atoms with Crippen LogP contribution in [-0.4, -0.2) is 50.9 Å². The number of anilines is 1. The fraction of sp³-hybridized carbons (Fsp3) is 0.333. The first kappa shape index (κ1) is 26.4. The van der Waals surface area contributed by atoms with E-state index in [1.807, 2.05) is 38.1 Å². The van der Waals surface area contributed by atoms with Crippen LogP contribution in [0.15, 0.2) is 42.7 Å². The Kier molecular flexibility index (Phi) is 8.12. The maximum Gasteiger partial charge on any atom is 0.288 e. The van der Waals surface area contributed by atoms with Crippen LogP contribution >= 0.6 is 0 Å². The van der Waals surface area contributed by atoms with Crippen molar-refractivity contribution in [2.45, 2.75) is 46.3 Å². The van der Waals surface area contributed by atoms with E-state index in [-0.39, 0.29) is 11.7 Å². The number of amides is 2. The minimum atomic E-state index is -1.04. The molecular formula is C27H31N5O4. The number of ether oxygens (including phenoxy) is 1. The van der Waals surface area contributed by atoms with E-state index >= 15 is 0 Å². The topological polar surface area (TPSA) is 124 Å². The van der Waals surface area contributed by atoms with Crippen LogP contribution in [0.5, 0.6) is 5.75 Å². The average molecular weight is 490 g/mol. The lowest BCUT2D eigenvalue weighted by molar-refractivity contribution is -0.118. The summed E-state index contributed by atoms with van der Waals surface area (Å²) >= 11 is 0. The van der Waals surface area contributed by atoms with Gasteiger partial charge in [0, 0.05) is 12.6 Å². The first-order chi connectivity index (χ1) is 16.9. The van der Waals surface area contributed by atoms with Crippen molar-refractivity contribution in [1.82, 2.24) is 14.8 Å². The van der Waals surface area contributed by atoms with Gasteiger partial charge in [-0.3, -0.25) is 9.59 Å². The zero-order valence-corrected chi connectivity index (χ0v) is 21.2. The number of aryl methyl sites for hydroxylation is 2. The van der Waals surface area contributed by atoms with Crippen LogP contribution in [0.1, 0.15) is 53.1 Å². The van der Waals surface area contributed by atoms with Crippen molar-refractivity contribution in [2.24, 2.45) is 5.73 Å². The number of carbonyl (C=O) groups is 2. The molecule has 2 heterocycles. The minimum absolute atomic E-state index is 0.0198. The maximum absolute atomic E-state index is 11.8. The Hall–Kier alpha value is -4.16. The molecular weight excluding hydrogens is 458 g/mol. The number of nitrogens with two attached hydrogens (primary N) is 1. The van der Waals surface area contributed by atoms with Crippen molar-refractivity contribution in [3.63, 3.8) is 0 Å². The Balaban J connectivity index is 0.000000202. The Morgan fingerprint density at radius 3 is 2.53 bits per heavy atom. The molecule has 0 spiro atoms. The van der Waals surface area contributed by atoms with E-state index in [1.165, 1.54) is 23.0 Å². The molecule has 2 amide bonds. The van der Waals surface area contributed by atoms with E-state index in [2.05, 4.69) is 21.9 Å². The predicted octanol–water partition coefficient (Wildman–Crippen LogP) is 2.60. The number of primary amides is 1. The molecule has 2 aromatic carbocycles. The van der Waals surface area contributed by atoms with Crippen molar-refractivity contribution in [1.29, 1.82) is 0 Å². The first-order valence-corrected chi connectivity index (χ1v) is 11.5. The van der Waals surface area contributed by atoms with Gasteiger partial charge in [-0.15, -0.1) is 5.10 Å². The average Bonchev–Trinajstić information content (AvgIpc) is 3.24. The van der Waals surface area contributed by atoms with Gasteiger partial charge < -0.3 is 20.5 Å². The van der Waals surface area contributed by atoms with Crippen LogP contribution in [0.25, 0.3) is 0 Å². The van der Waals surface area contributed by atoms with E-state index in [4.69, 9.17) is 10.5 Å². The van der Waals surface area contributed by atoms with Crippen LogP contribution in [0.4, 0.5) is 5.69 Å². The summed E-state index contributed by atoms with van der Waals surface area (Å²) in [5, 5.41) is 13.6. The molecule has 1 aliphatic rings. The summed E-state index contributed by atoms with van der Waals surface area (Å²) in [6, 6.07) is 11.5. The third-order valence-corrected chi connectivity index (χ3v) is 5.50. The van der Waals surface area contributed by atoms with Gasteiger partial charge in [-0.1, -0.05) is 30.0 Å². The lowest BCUT2D eigenvalue weighted by atomic mass is 10.0. The quantitative estimate of drug-likeness (QED) is 0.545. The second-order valence-electron chi connectivity index (χ2n) is 9.04. The lowest BCUT2D eigenvalue weighted by Crippen LogP contribution is -2.25. The van der Waals surface area contributed by atoms with Crippen LogP contribution in [-0.2, 0) is 11.3 Å². The second-order valence-corrected chi connectivity index (χ2v) is 9.04. The highest BCUT2D eigenvalue weighted by atomic mass is 16.5. The molecule has 0 radical (unpaired) electrons. The van der Waals surface area contributed by atoms with Crippen LogP contribution < -0.4 is 15.4 Å². The maximum atomic E-state index is 11.8. The van der Waals surface area contributed by atoms with Gasteiger partial charge in [-0.05, 0) is 62.6 Å². The third kappa shape index (κ3) is 6.93. The Morgan fingerprint density at radius 1 is 1.22 bits per heavy atom. The van der Waals surface area contributed by atoms with Crippen molar-refractivity contribution in [3.05, 3.63) is 70.8 Å². The minimum Gasteiger partial charge on any atom is -0.491 e. The predicted molar refractivity (Wildman–Crippen MR) is 137 cm³/mol. The van der Waals surface area contributed by atoms with Crippen LogP contribution in [0.2, 0.25) is 0 Å². The Morgan fingerprint density at radius 2 is 1.92 bits per heavy atom. The van der Waals surface area contributed by atoms with Gasteiger partial charge in [0.25, 0.3) is 5.91 Å². The molecule has 9 heteroatoms. The van der Waals surface area contributed by atoms with Gasteiger partial charge in [0.15, 0.2) is 0 Å². The third-order valence-electron chi connectivity index (χ3n) is 5.50. The van der Waals surface area contributed by atoms with Gasteiger partial charge in [0.05, 0.1) is 25.3 Å². The highest BCUT2D eigenvalue weighted by Crippen LogP contribution is 2.31. The summed E-state index contributed by atoms with van der Waals surface area (Å²) in [5.41, 5.74) is 9.10. The second kappa shape index (κ2) is 11.1. The molecule has 3 N–H and O–H groups in total. The fourth-order valence-corrected chi connectivity index (χ4v) is 3.50. The monoisotopic (exact) mass is 489 g/mol. The van der Waals surface area contributed by atoms with Gasteiger partial charge >= 0.3 is 0 Å². The highest BCUT2D eigenvalue weighted by molar-refractivity contribution is 5.95. The van der Waals surface area contributed by atoms with E-state index < -0.39 is 11.5 Å². The molecule has 0 saturated heterocycles. The standard InChI is InChI=1S/C15H17NO3.C12H14N4O/c1-15(2,18)8-6-11-4-5-13-12(10-11)16(3)14(17)7-9-19-13;1-8-4-3-5-9(2)10(8)6-16-7-14-12(15-16)11(13)17/h4-5,10,18H,7,9H2,1-3H3;3-5,7H,6H2,1-2H3,(H2,13,17). The van der Waals surface area contributed by atoms with Gasteiger partial charge in [0.2, 0.25) is 11.7 Å². The largest absolute Gasteiger partial charge is 0.491 e. The number of nitrogens with zero attached hydrogens (tertiary/aromatic N) is 4. The van der Waals surface area contributed by atoms with Crippen molar-refractivity contribution >= 4 is 17.5 Å². The molecule has 0 saturated carbocycles. The zero-order chi connectivity index (χ0) is 26.5. The summed E-state index contributed by atoms with van der Waals surface area (Å²) in [6.45, 7) is 8.34. The molecule has 0 atom stereocenters. The number of hydrogen-bond acceptors (Lipinski definition) is 6. The summed E-state index contributed by atoms with van der Waals surface area (Å²) in [6.07, 6.45) is 1.89. The Labute approximate surface area is 210 Å². The molecule has 0 aliphatic carbocycles. The molecule has 36 heavy (non-hydrogen) atoms. The SMILES string of the molecule is CN1C(=O)CCOc2ccc(C#CC(C)(C)O)cc21.Cc1cccc(C)c1Cn1cnc(C(N)=O)n1. The van der Waals surface area contributed by atoms with Crippen molar-refractivity contribution < 1.29 is 19.4 Å². The molecule has 0 unspecified atom stereocenters. The number of benzene rings is 2. The van der Waals surface area contributed by atoms with E-state index in [0.717, 1.165) is 5.56 Å². The first-order valence-electron chi connectivity index (χ1n) is 11.5. The smallest absolute Gasteiger partial charge is 0.288 e. The molecule has 0 fully saturated rings. The number of fused-ring (bicyclic) bond motifs is 1. The number of rotatable bonds is 3. The summed E-state index contributed by atoms with van der Waals surface area (Å²) in [7, 11) is 1.73. The molecule has 188 valence electrons. The molecule has 4 rings (SSSR count). The Bertz CT molecular complexity index is 1310. The number of aliphatic hydroxyl groups is 1. The van der Waals surface area contributed by atoms with Gasteiger partial charge in [0.1, 0.15) is 17.7 Å². The molecule has 0 bridgehead atoms. The van der Waals surface area contributed by atoms with E-state index in [9.17, 15) is 14.7 Å². The summed E-state index contributed by atoms with van der Waals surface area (Å²) < 4.78 is 7.15. The van der Waals surface area contributed by atoms with Gasteiger partial charge in [-0.25, -0.2) is 9.67 Å². The van der Waals surface area contributed by atoms with Crippen molar-refractivity contribution in [3.8, 4) is 17.6 Å². The lowest BCUT2D eigenvalue weighted by Gasteiger charge is -2.16.